The summed E-state index contributed by atoms with van der Waals surface area (Å²) >= 11 is 0. The number of ether oxygens (including phenoxy) is 1. The smallest absolute Gasteiger partial charge is 0.279 e. The van der Waals surface area contributed by atoms with Crippen molar-refractivity contribution < 1.29 is 19.0 Å². The fourth-order valence-electron chi connectivity index (χ4n) is 3.12. The van der Waals surface area contributed by atoms with Gasteiger partial charge in [-0.2, -0.15) is 0 Å². The summed E-state index contributed by atoms with van der Waals surface area (Å²) in [5.41, 5.74) is 0.321. The zero-order valence-corrected chi connectivity index (χ0v) is 18.5. The lowest BCUT2D eigenvalue weighted by molar-refractivity contribution is 0.0878. The van der Waals surface area contributed by atoms with E-state index in [4.69, 9.17) is 4.74 Å². The molecule has 0 aliphatic carbocycles. The van der Waals surface area contributed by atoms with Crippen molar-refractivity contribution in [2.24, 2.45) is 0 Å². The lowest BCUT2D eigenvalue weighted by Gasteiger charge is -2.17. The molecule has 1 heterocycles. The molecule has 0 amide bonds. The van der Waals surface area contributed by atoms with Crippen LogP contribution in [0.4, 0.5) is 4.39 Å². The van der Waals surface area contributed by atoms with Crippen LogP contribution in [0.3, 0.4) is 0 Å². The minimum atomic E-state index is -1.31. The van der Waals surface area contributed by atoms with Gasteiger partial charge in [0.05, 0.1) is 11.1 Å². The van der Waals surface area contributed by atoms with Gasteiger partial charge in [-0.05, 0) is 30.3 Å². The number of nitrogens with zero attached hydrogens (tertiary/aromatic N) is 2. The molecule has 0 aliphatic rings. The standard InChI is InChI=1S/C21H24BFN2O4Si/c1-30(2,3)8-7-29-12-25-16-9-14(22)10-17(27)20(16)24-19(21(25)28)15-6-4-5-13(11-26)18(15)23/h4-6,9-11,27H,7-8,12,22H2,1-3H3. The van der Waals surface area contributed by atoms with Crippen LogP contribution < -0.4 is 11.0 Å². The molecule has 3 rings (SSSR count). The predicted molar refractivity (Wildman–Crippen MR) is 121 cm³/mol. The maximum Gasteiger partial charge on any atom is 0.279 e. The summed E-state index contributed by atoms with van der Waals surface area (Å²) in [7, 11) is 0.483. The Balaban J connectivity index is 2.17. The monoisotopic (exact) mass is 426 g/mol. The quantitative estimate of drug-likeness (QED) is 0.356. The number of hydrogen-bond donors (Lipinski definition) is 1. The Labute approximate surface area is 175 Å². The molecule has 9 heteroatoms. The fraction of sp³-hybridized carbons (Fsp3) is 0.286. The van der Waals surface area contributed by atoms with Crippen LogP contribution in [0.25, 0.3) is 22.3 Å². The van der Waals surface area contributed by atoms with Gasteiger partial charge < -0.3 is 9.84 Å². The average molecular weight is 426 g/mol. The van der Waals surface area contributed by atoms with Gasteiger partial charge in [0.2, 0.25) is 0 Å². The highest BCUT2D eigenvalue weighted by Gasteiger charge is 2.20. The van der Waals surface area contributed by atoms with E-state index in [-0.39, 0.29) is 34.8 Å². The highest BCUT2D eigenvalue weighted by Crippen LogP contribution is 2.26. The molecular formula is C21H24BFN2O4Si. The molecular weight excluding hydrogens is 402 g/mol. The Morgan fingerprint density at radius 2 is 2.03 bits per heavy atom. The van der Waals surface area contributed by atoms with Crippen molar-refractivity contribution in [2.45, 2.75) is 32.4 Å². The number of phenolic OH excluding ortho intramolecular Hbond substituents is 1. The molecule has 1 aromatic heterocycles. The highest BCUT2D eigenvalue weighted by molar-refractivity contribution is 6.76. The van der Waals surface area contributed by atoms with Gasteiger partial charge in [0.15, 0.2) is 6.29 Å². The van der Waals surface area contributed by atoms with Crippen LogP contribution >= 0.6 is 0 Å². The second-order valence-electron chi connectivity index (χ2n) is 8.52. The van der Waals surface area contributed by atoms with Crippen LogP contribution in [0.5, 0.6) is 5.75 Å². The number of carbonyl (C=O) groups is 1. The molecule has 2 aromatic carbocycles. The number of hydrogen-bond acceptors (Lipinski definition) is 5. The molecule has 0 spiro atoms. The number of phenols is 1. The molecule has 30 heavy (non-hydrogen) atoms. The number of fused-ring (bicyclic) bond motifs is 1. The second-order valence-corrected chi connectivity index (χ2v) is 14.1. The number of benzene rings is 2. The van der Waals surface area contributed by atoms with Crippen molar-refractivity contribution in [1.82, 2.24) is 9.55 Å². The van der Waals surface area contributed by atoms with Gasteiger partial charge >= 0.3 is 0 Å². The van der Waals surface area contributed by atoms with Crippen LogP contribution in [0.15, 0.2) is 35.1 Å². The molecule has 0 saturated heterocycles. The van der Waals surface area contributed by atoms with Gasteiger partial charge in [-0.25, -0.2) is 9.37 Å². The van der Waals surface area contributed by atoms with Crippen molar-refractivity contribution in [3.63, 3.8) is 0 Å². The van der Waals surface area contributed by atoms with E-state index in [1.54, 1.807) is 13.9 Å². The van der Waals surface area contributed by atoms with Crippen LogP contribution in [0.2, 0.25) is 25.7 Å². The molecule has 0 unspecified atom stereocenters. The van der Waals surface area contributed by atoms with Crippen molar-refractivity contribution in [3.05, 3.63) is 52.1 Å². The molecule has 156 valence electrons. The minimum Gasteiger partial charge on any atom is -0.506 e. The lowest BCUT2D eigenvalue weighted by Crippen LogP contribution is -2.27. The number of aromatic hydroxyl groups is 1. The number of rotatable bonds is 7. The van der Waals surface area contributed by atoms with Gasteiger partial charge in [0.25, 0.3) is 5.56 Å². The van der Waals surface area contributed by atoms with Crippen molar-refractivity contribution in [1.29, 1.82) is 0 Å². The summed E-state index contributed by atoms with van der Waals surface area (Å²) in [5, 5.41) is 10.4. The van der Waals surface area contributed by atoms with E-state index in [9.17, 15) is 19.1 Å². The third kappa shape index (κ3) is 4.52. The summed E-state index contributed by atoms with van der Waals surface area (Å²) in [5.74, 6) is -0.941. The van der Waals surface area contributed by atoms with Gasteiger partial charge in [-0.1, -0.05) is 31.2 Å². The first-order chi connectivity index (χ1) is 14.1. The third-order valence-electron chi connectivity index (χ3n) is 4.80. The second kappa shape index (κ2) is 8.53. The van der Waals surface area contributed by atoms with E-state index >= 15 is 0 Å². The third-order valence-corrected chi connectivity index (χ3v) is 6.51. The van der Waals surface area contributed by atoms with Gasteiger partial charge in [0.1, 0.15) is 37.4 Å². The molecule has 0 saturated carbocycles. The SMILES string of the molecule is Bc1cc(O)c2nc(-c3cccc(C=O)c3F)c(=O)n(COCC[Si](C)(C)C)c2c1. The van der Waals surface area contributed by atoms with Gasteiger partial charge in [0, 0.05) is 20.2 Å². The van der Waals surface area contributed by atoms with Gasteiger partial charge in [-0.3, -0.25) is 14.2 Å². The van der Waals surface area contributed by atoms with E-state index in [0.29, 0.717) is 18.4 Å². The minimum absolute atomic E-state index is 0.0484. The number of halogens is 1. The number of aromatic nitrogens is 2. The zero-order chi connectivity index (χ0) is 22.1. The molecule has 0 aliphatic heterocycles. The van der Waals surface area contributed by atoms with E-state index in [0.717, 1.165) is 11.5 Å². The molecule has 0 atom stereocenters. The molecule has 0 radical (unpaired) electrons. The summed E-state index contributed by atoms with van der Waals surface area (Å²) in [6.45, 7) is 7.13. The van der Waals surface area contributed by atoms with Crippen LogP contribution in [-0.2, 0) is 11.5 Å². The maximum atomic E-state index is 14.8. The Hall–Kier alpha value is -2.78. The Morgan fingerprint density at radius 1 is 1.30 bits per heavy atom. The first-order valence-electron chi connectivity index (χ1n) is 9.68. The van der Waals surface area contributed by atoms with Crippen molar-refractivity contribution in [3.8, 4) is 17.0 Å². The first kappa shape index (κ1) is 21.9. The van der Waals surface area contributed by atoms with Crippen LogP contribution in [-0.4, -0.2) is 43.5 Å². The predicted octanol–water partition coefficient (Wildman–Crippen LogP) is 2.29. The average Bonchev–Trinajstić information content (AvgIpc) is 2.66. The summed E-state index contributed by atoms with van der Waals surface area (Å²) in [6.07, 6.45) is 0.388. The molecule has 0 fully saturated rings. The fourth-order valence-corrected chi connectivity index (χ4v) is 3.88. The Kier molecular flexibility index (Phi) is 6.23. The van der Waals surface area contributed by atoms with E-state index in [1.165, 1.54) is 28.8 Å². The Bertz CT molecular complexity index is 1170. The summed E-state index contributed by atoms with van der Waals surface area (Å²) in [4.78, 5) is 28.6. The topological polar surface area (TPSA) is 81.4 Å². The van der Waals surface area contributed by atoms with Crippen LogP contribution in [0.1, 0.15) is 10.4 Å². The first-order valence-corrected chi connectivity index (χ1v) is 13.4. The molecule has 0 bridgehead atoms. The summed E-state index contributed by atoms with van der Waals surface area (Å²) < 4.78 is 21.9. The molecule has 6 nitrogen and oxygen atoms in total. The van der Waals surface area contributed by atoms with E-state index in [1.807, 2.05) is 0 Å². The van der Waals surface area contributed by atoms with E-state index < -0.39 is 19.5 Å². The maximum absolute atomic E-state index is 14.8. The van der Waals surface area contributed by atoms with Crippen LogP contribution in [0, 0.1) is 5.82 Å². The zero-order valence-electron chi connectivity index (χ0n) is 17.5. The molecule has 1 N–H and O–H groups in total. The largest absolute Gasteiger partial charge is 0.506 e. The highest BCUT2D eigenvalue weighted by atomic mass is 28.3. The molecule has 3 aromatic rings. The van der Waals surface area contributed by atoms with Gasteiger partial charge in [-0.15, -0.1) is 0 Å². The van der Waals surface area contributed by atoms with Crippen molar-refractivity contribution >= 4 is 38.7 Å². The Morgan fingerprint density at radius 3 is 2.70 bits per heavy atom. The number of carbonyl (C=O) groups excluding carboxylic acids is 1. The van der Waals surface area contributed by atoms with Crippen molar-refractivity contribution in [2.75, 3.05) is 6.61 Å². The lowest BCUT2D eigenvalue weighted by atomic mass is 9.95. The van der Waals surface area contributed by atoms with E-state index in [2.05, 4.69) is 24.6 Å². The summed E-state index contributed by atoms with van der Waals surface area (Å²) in [6, 6.07) is 8.38. The number of aldehydes is 1. The normalized spacial score (nSPS) is 11.7.